The van der Waals surface area contributed by atoms with Crippen molar-refractivity contribution in [1.82, 2.24) is 9.78 Å². The largest absolute Gasteiger partial charge is 0.416 e. The van der Waals surface area contributed by atoms with Crippen molar-refractivity contribution in [3.05, 3.63) is 50.9 Å². The van der Waals surface area contributed by atoms with Crippen molar-refractivity contribution in [2.24, 2.45) is 10.7 Å². The van der Waals surface area contributed by atoms with E-state index in [2.05, 4.69) is 14.8 Å². The molecule has 14 heteroatoms. The molecule has 0 aliphatic heterocycles. The van der Waals surface area contributed by atoms with Crippen LogP contribution in [0.5, 0.6) is 5.88 Å². The van der Waals surface area contributed by atoms with Crippen molar-refractivity contribution in [3.63, 3.8) is 0 Å². The molecule has 0 radical (unpaired) electrons. The van der Waals surface area contributed by atoms with E-state index in [0.717, 1.165) is 17.1 Å². The Morgan fingerprint density at radius 1 is 1.23 bits per heavy atom. The second kappa shape index (κ2) is 8.98. The fraction of sp³-hybridized carbons (Fsp3) is 0.125. The van der Waals surface area contributed by atoms with Gasteiger partial charge in [-0.15, -0.1) is 5.10 Å². The standard InChI is InChI=1S/C16H7Cl2F5N6O/c17-9-1-8(16(21,22)23)2-10(18)13(9)29-6-7(14(28-29)30-15(19)20)5-27-12(4-25)11(26)3-24/h1-2,5-6,15H,26H2/b12-11-,27-5+. The predicted molar refractivity (Wildman–Crippen MR) is 95.3 cm³/mol. The molecule has 1 aromatic carbocycles. The summed E-state index contributed by atoms with van der Waals surface area (Å²) in [5, 5.41) is 20.3. The minimum atomic E-state index is -4.72. The molecule has 1 heterocycles. The SMILES string of the molecule is N#C/C(N)=C(C#N)/N=C/c1cn(-c2c(Cl)cc(C(F)(F)F)cc2Cl)nc1OC(F)F. The molecule has 0 spiro atoms. The first-order valence-electron chi connectivity index (χ1n) is 7.43. The summed E-state index contributed by atoms with van der Waals surface area (Å²) in [6.07, 6.45) is -2.87. The Bertz CT molecular complexity index is 1090. The van der Waals surface area contributed by atoms with Gasteiger partial charge in [0, 0.05) is 12.4 Å². The molecule has 0 aliphatic rings. The predicted octanol–water partition coefficient (Wildman–Crippen LogP) is 4.44. The van der Waals surface area contributed by atoms with Crippen molar-refractivity contribution in [1.29, 1.82) is 10.5 Å². The number of alkyl halides is 5. The molecule has 0 bridgehead atoms. The molecule has 0 atom stereocenters. The van der Waals surface area contributed by atoms with Gasteiger partial charge >= 0.3 is 12.8 Å². The van der Waals surface area contributed by atoms with Crippen molar-refractivity contribution in [2.75, 3.05) is 0 Å². The number of halogens is 7. The number of hydrogen-bond acceptors (Lipinski definition) is 6. The molecule has 7 nitrogen and oxygen atoms in total. The Balaban J connectivity index is 2.60. The minimum Gasteiger partial charge on any atom is -0.415 e. The quantitative estimate of drug-likeness (QED) is 0.399. The fourth-order valence-corrected chi connectivity index (χ4v) is 2.70. The molecule has 0 amide bonds. The Morgan fingerprint density at radius 2 is 1.83 bits per heavy atom. The van der Waals surface area contributed by atoms with Crippen LogP contribution in [-0.4, -0.2) is 22.6 Å². The molecular formula is C16H7Cl2F5N6O. The number of nitrogens with zero attached hydrogens (tertiary/aromatic N) is 5. The maximum absolute atomic E-state index is 12.9. The second-order valence-corrected chi connectivity index (χ2v) is 6.06. The molecule has 0 saturated carbocycles. The van der Waals surface area contributed by atoms with E-state index in [4.69, 9.17) is 39.5 Å². The normalized spacial score (nSPS) is 12.6. The van der Waals surface area contributed by atoms with Crippen LogP contribution in [0.2, 0.25) is 10.0 Å². The van der Waals surface area contributed by atoms with Crippen LogP contribution in [0.3, 0.4) is 0 Å². The van der Waals surface area contributed by atoms with Crippen LogP contribution in [0.15, 0.2) is 34.7 Å². The van der Waals surface area contributed by atoms with Crippen LogP contribution < -0.4 is 10.5 Å². The van der Waals surface area contributed by atoms with Crippen LogP contribution in [0.25, 0.3) is 5.69 Å². The van der Waals surface area contributed by atoms with Gasteiger partial charge in [-0.05, 0) is 12.1 Å². The first-order valence-corrected chi connectivity index (χ1v) is 8.18. The van der Waals surface area contributed by atoms with Gasteiger partial charge in [0.25, 0.3) is 0 Å². The third-order valence-electron chi connectivity index (χ3n) is 3.30. The summed E-state index contributed by atoms with van der Waals surface area (Å²) in [6.45, 7) is -3.31. The lowest BCUT2D eigenvalue weighted by molar-refractivity contribution is -0.137. The highest BCUT2D eigenvalue weighted by molar-refractivity contribution is 6.37. The first kappa shape index (κ1) is 22.9. The lowest BCUT2D eigenvalue weighted by atomic mass is 10.2. The van der Waals surface area contributed by atoms with E-state index in [-0.39, 0.29) is 11.3 Å². The number of ether oxygens (including phenoxy) is 1. The Kier molecular flexibility index (Phi) is 6.87. The second-order valence-electron chi connectivity index (χ2n) is 5.24. The van der Waals surface area contributed by atoms with Gasteiger partial charge in [-0.2, -0.15) is 32.5 Å². The Labute approximate surface area is 175 Å². The first-order chi connectivity index (χ1) is 14.0. The number of aliphatic imine (C=N–C) groups is 1. The average Bonchev–Trinajstić information content (AvgIpc) is 3.02. The molecule has 0 fully saturated rings. The average molecular weight is 465 g/mol. The number of aromatic nitrogens is 2. The van der Waals surface area contributed by atoms with Crippen molar-refractivity contribution in [3.8, 4) is 23.7 Å². The van der Waals surface area contributed by atoms with Gasteiger partial charge in [0.1, 0.15) is 23.5 Å². The Morgan fingerprint density at radius 3 is 2.30 bits per heavy atom. The van der Waals surface area contributed by atoms with E-state index in [1.807, 2.05) is 0 Å². The molecule has 1 aromatic heterocycles. The molecule has 2 N–H and O–H groups in total. The maximum atomic E-state index is 12.9. The van der Waals surface area contributed by atoms with Gasteiger partial charge in [0.05, 0.1) is 21.2 Å². The fourth-order valence-electron chi connectivity index (χ4n) is 2.04. The van der Waals surface area contributed by atoms with Crippen LogP contribution >= 0.6 is 23.2 Å². The smallest absolute Gasteiger partial charge is 0.415 e. The van der Waals surface area contributed by atoms with Gasteiger partial charge in [0.15, 0.2) is 5.70 Å². The molecular weight excluding hydrogens is 458 g/mol. The molecule has 2 rings (SSSR count). The van der Waals surface area contributed by atoms with Crippen molar-refractivity contribution in [2.45, 2.75) is 12.8 Å². The molecule has 156 valence electrons. The topological polar surface area (TPSA) is 113 Å². The molecule has 30 heavy (non-hydrogen) atoms. The maximum Gasteiger partial charge on any atom is 0.416 e. The third kappa shape index (κ3) is 5.17. The van der Waals surface area contributed by atoms with Crippen molar-refractivity contribution >= 4 is 29.4 Å². The summed E-state index contributed by atoms with van der Waals surface area (Å²) in [5.74, 6) is -0.700. The summed E-state index contributed by atoms with van der Waals surface area (Å²) in [4.78, 5) is 3.60. The van der Waals surface area contributed by atoms with E-state index in [1.54, 1.807) is 0 Å². The summed E-state index contributed by atoms with van der Waals surface area (Å²) in [5.41, 5.74) is 2.61. The van der Waals surface area contributed by atoms with Crippen LogP contribution in [0.1, 0.15) is 11.1 Å². The molecule has 0 unspecified atom stereocenters. The summed E-state index contributed by atoms with van der Waals surface area (Å²) in [7, 11) is 0. The van der Waals surface area contributed by atoms with E-state index in [1.165, 1.54) is 12.1 Å². The zero-order valence-electron chi connectivity index (χ0n) is 14.3. The van der Waals surface area contributed by atoms with Gasteiger partial charge in [-0.1, -0.05) is 23.2 Å². The van der Waals surface area contributed by atoms with Gasteiger partial charge in [-0.25, -0.2) is 9.67 Å². The highest BCUT2D eigenvalue weighted by Crippen LogP contribution is 2.37. The zero-order valence-corrected chi connectivity index (χ0v) is 15.8. The summed E-state index contributed by atoms with van der Waals surface area (Å²) >= 11 is 11.8. The van der Waals surface area contributed by atoms with Crippen molar-refractivity contribution < 1.29 is 26.7 Å². The number of hydrogen-bond donors (Lipinski definition) is 1. The monoisotopic (exact) mass is 464 g/mol. The van der Waals surface area contributed by atoms with E-state index >= 15 is 0 Å². The zero-order chi connectivity index (χ0) is 22.6. The van der Waals surface area contributed by atoms with E-state index in [0.29, 0.717) is 12.1 Å². The number of benzene rings is 1. The van der Waals surface area contributed by atoms with Crippen LogP contribution in [0, 0.1) is 22.7 Å². The number of nitriles is 2. The Hall–Kier alpha value is -3.35. The van der Waals surface area contributed by atoms with E-state index < -0.39 is 45.7 Å². The highest BCUT2D eigenvalue weighted by Gasteiger charge is 2.32. The minimum absolute atomic E-state index is 0.235. The number of allylic oxidation sites excluding steroid dienone is 2. The number of rotatable bonds is 5. The molecule has 0 aliphatic carbocycles. The summed E-state index contributed by atoms with van der Waals surface area (Å²) < 4.78 is 69.0. The lowest BCUT2D eigenvalue weighted by Crippen LogP contribution is -2.07. The molecule has 2 aromatic rings. The molecule has 0 saturated heterocycles. The lowest BCUT2D eigenvalue weighted by Gasteiger charge is -2.12. The van der Waals surface area contributed by atoms with Crippen LogP contribution in [-0.2, 0) is 6.18 Å². The van der Waals surface area contributed by atoms with Gasteiger partial charge in [0.2, 0.25) is 5.88 Å². The van der Waals surface area contributed by atoms with Crippen LogP contribution in [0.4, 0.5) is 22.0 Å². The van der Waals surface area contributed by atoms with Gasteiger partial charge < -0.3 is 10.5 Å². The highest BCUT2D eigenvalue weighted by atomic mass is 35.5. The van der Waals surface area contributed by atoms with E-state index in [9.17, 15) is 22.0 Å². The van der Waals surface area contributed by atoms with Gasteiger partial charge in [-0.3, -0.25) is 0 Å². The number of nitrogens with two attached hydrogens (primary N) is 1. The summed E-state index contributed by atoms with van der Waals surface area (Å²) in [6, 6.07) is 4.17. The third-order valence-corrected chi connectivity index (χ3v) is 3.87.